The minimum absolute atomic E-state index is 0. The van der Waals surface area contributed by atoms with Gasteiger partial charge in [-0.2, -0.15) is 13.2 Å². The number of hydrogen-bond acceptors (Lipinski definition) is 5. The summed E-state index contributed by atoms with van der Waals surface area (Å²) in [6.07, 6.45) is -2.73. The molecule has 2 aliphatic rings. The Hall–Kier alpha value is -2.00. The number of piperidine rings is 1. The minimum Gasteiger partial charge on any atom is -0.388 e. The number of rotatable bonds is 2. The Bertz CT molecular complexity index is 835. The molecule has 2 fully saturated rings. The summed E-state index contributed by atoms with van der Waals surface area (Å²) in [5.41, 5.74) is 0.00291. The zero-order chi connectivity index (χ0) is 17.7. The van der Waals surface area contributed by atoms with Gasteiger partial charge in [-0.25, -0.2) is 9.89 Å². The van der Waals surface area contributed by atoms with Crippen molar-refractivity contribution < 1.29 is 17.6 Å². The molecule has 4 rings (SSSR count). The number of aromatic amines is 1. The van der Waals surface area contributed by atoms with Gasteiger partial charge in [0, 0.05) is 37.4 Å². The Labute approximate surface area is 153 Å². The summed E-state index contributed by atoms with van der Waals surface area (Å²) < 4.78 is 45.2. The molecule has 1 aromatic heterocycles. The predicted octanol–water partition coefficient (Wildman–Crippen LogP) is 2.66. The number of hydrogen-bond donors (Lipinski definition) is 2. The smallest absolute Gasteiger partial charge is 0.388 e. The van der Waals surface area contributed by atoms with Gasteiger partial charge < -0.3 is 14.6 Å². The molecule has 6 nitrogen and oxygen atoms in total. The third-order valence-electron chi connectivity index (χ3n) is 5.15. The van der Waals surface area contributed by atoms with E-state index in [0.29, 0.717) is 18.7 Å². The van der Waals surface area contributed by atoms with Gasteiger partial charge in [-0.05, 0) is 36.5 Å². The van der Waals surface area contributed by atoms with E-state index in [4.69, 9.17) is 4.42 Å². The zero-order valence-corrected chi connectivity index (χ0v) is 14.5. The first-order valence-corrected chi connectivity index (χ1v) is 8.09. The summed E-state index contributed by atoms with van der Waals surface area (Å²) in [6.45, 7) is 3.01. The normalized spacial score (nSPS) is 19.1. The van der Waals surface area contributed by atoms with Crippen LogP contribution in [0.15, 0.2) is 27.4 Å². The van der Waals surface area contributed by atoms with Gasteiger partial charge in [-0.3, -0.25) is 0 Å². The van der Waals surface area contributed by atoms with E-state index in [1.807, 2.05) is 0 Å². The Morgan fingerprint density at radius 2 is 1.88 bits per heavy atom. The fourth-order valence-electron chi connectivity index (χ4n) is 3.57. The number of nitrogens with zero attached hydrogens (tertiary/aromatic N) is 2. The summed E-state index contributed by atoms with van der Waals surface area (Å²) in [4.78, 5) is 12.9. The van der Waals surface area contributed by atoms with Crippen molar-refractivity contribution in [1.82, 2.24) is 15.5 Å². The van der Waals surface area contributed by atoms with Crippen molar-refractivity contribution in [2.45, 2.75) is 19.0 Å². The van der Waals surface area contributed by atoms with Crippen molar-refractivity contribution >= 4 is 18.1 Å². The van der Waals surface area contributed by atoms with Crippen molar-refractivity contribution in [3.8, 4) is 11.5 Å². The van der Waals surface area contributed by atoms with Crippen LogP contribution >= 0.6 is 12.4 Å². The highest BCUT2D eigenvalue weighted by Gasteiger charge is 2.41. The highest BCUT2D eigenvalue weighted by Crippen LogP contribution is 2.42. The number of H-pyrrole nitrogens is 1. The second-order valence-corrected chi connectivity index (χ2v) is 6.74. The van der Waals surface area contributed by atoms with E-state index in [0.717, 1.165) is 32.0 Å². The lowest BCUT2D eigenvalue weighted by molar-refractivity contribution is -0.137. The maximum absolute atomic E-state index is 13.4. The van der Waals surface area contributed by atoms with Crippen LogP contribution in [0.3, 0.4) is 0 Å². The predicted molar refractivity (Wildman–Crippen MR) is 91.6 cm³/mol. The van der Waals surface area contributed by atoms with E-state index < -0.39 is 17.5 Å². The zero-order valence-electron chi connectivity index (χ0n) is 13.7. The lowest BCUT2D eigenvalue weighted by atomic mass is 9.73. The van der Waals surface area contributed by atoms with Crippen LogP contribution < -0.4 is 16.0 Å². The van der Waals surface area contributed by atoms with Crippen molar-refractivity contribution in [2.75, 3.05) is 31.1 Å². The van der Waals surface area contributed by atoms with Gasteiger partial charge in [0.15, 0.2) is 0 Å². The third-order valence-corrected chi connectivity index (χ3v) is 5.15. The maximum atomic E-state index is 13.4. The highest BCUT2D eigenvalue weighted by atomic mass is 35.5. The molecule has 2 N–H and O–H groups in total. The first-order valence-electron chi connectivity index (χ1n) is 8.09. The monoisotopic (exact) mass is 390 g/mol. The summed E-state index contributed by atoms with van der Waals surface area (Å²) in [7, 11) is 0. The molecule has 2 aliphatic heterocycles. The molecular formula is C16H18ClF3N4O2. The van der Waals surface area contributed by atoms with Gasteiger partial charge in [0.1, 0.15) is 0 Å². The van der Waals surface area contributed by atoms with E-state index in [1.165, 1.54) is 12.1 Å². The summed E-state index contributed by atoms with van der Waals surface area (Å²) in [5.74, 6) is -0.759. The summed E-state index contributed by atoms with van der Waals surface area (Å²) in [5, 5.41) is 9.06. The van der Waals surface area contributed by atoms with E-state index in [9.17, 15) is 18.0 Å². The van der Waals surface area contributed by atoms with Crippen LogP contribution in [-0.4, -0.2) is 36.4 Å². The standard InChI is InChI=1S/C16H17F3N4O2.ClH/c17-16(18,19)11-2-1-10(13-21-22-14(24)25-13)7-12(11)23-5-3-15(4-6-23)8-20-9-15;/h1-2,7,20H,3-6,8-9H2,(H,22,24);1H. The maximum Gasteiger partial charge on any atom is 0.434 e. The molecule has 0 aliphatic carbocycles. The quantitative estimate of drug-likeness (QED) is 0.824. The molecule has 0 bridgehead atoms. The summed E-state index contributed by atoms with van der Waals surface area (Å²) in [6, 6.07) is 3.69. The van der Waals surface area contributed by atoms with Gasteiger partial charge >= 0.3 is 11.9 Å². The van der Waals surface area contributed by atoms with Crippen LogP contribution in [0.2, 0.25) is 0 Å². The lowest BCUT2D eigenvalue weighted by Crippen LogP contribution is -2.58. The van der Waals surface area contributed by atoms with Gasteiger partial charge in [0.2, 0.25) is 5.89 Å². The van der Waals surface area contributed by atoms with Crippen molar-refractivity contribution in [3.05, 3.63) is 34.3 Å². The molecule has 1 aromatic carbocycles. The molecule has 0 saturated carbocycles. The molecule has 26 heavy (non-hydrogen) atoms. The molecule has 3 heterocycles. The molecule has 10 heteroatoms. The molecule has 0 radical (unpaired) electrons. The Kier molecular flexibility index (Phi) is 4.78. The van der Waals surface area contributed by atoms with Crippen LogP contribution in [0.5, 0.6) is 0 Å². The Morgan fingerprint density at radius 1 is 1.19 bits per heavy atom. The number of anilines is 1. The van der Waals surface area contributed by atoms with E-state index in [1.54, 1.807) is 4.90 Å². The second kappa shape index (κ2) is 6.62. The van der Waals surface area contributed by atoms with Crippen LogP contribution in [0.4, 0.5) is 18.9 Å². The van der Waals surface area contributed by atoms with Crippen LogP contribution in [0.1, 0.15) is 18.4 Å². The molecule has 0 unspecified atom stereocenters. The molecule has 2 aromatic rings. The largest absolute Gasteiger partial charge is 0.434 e. The number of alkyl halides is 3. The molecule has 2 saturated heterocycles. The van der Waals surface area contributed by atoms with Gasteiger partial charge in [0.05, 0.1) is 5.56 Å². The highest BCUT2D eigenvalue weighted by molar-refractivity contribution is 5.85. The fourth-order valence-corrected chi connectivity index (χ4v) is 3.57. The van der Waals surface area contributed by atoms with Gasteiger partial charge in [0.25, 0.3) is 0 Å². The van der Waals surface area contributed by atoms with E-state index in [2.05, 4.69) is 15.5 Å². The van der Waals surface area contributed by atoms with Gasteiger partial charge in [-0.15, -0.1) is 17.5 Å². The Balaban J connectivity index is 0.00000196. The minimum atomic E-state index is -4.45. The topological polar surface area (TPSA) is 74.2 Å². The molecule has 1 spiro atoms. The average molecular weight is 391 g/mol. The Morgan fingerprint density at radius 3 is 2.38 bits per heavy atom. The first-order chi connectivity index (χ1) is 11.9. The third kappa shape index (κ3) is 3.33. The van der Waals surface area contributed by atoms with Crippen LogP contribution in [0, 0.1) is 5.41 Å². The molecule has 0 atom stereocenters. The lowest BCUT2D eigenvalue weighted by Gasteiger charge is -2.49. The van der Waals surface area contributed by atoms with Gasteiger partial charge in [-0.1, -0.05) is 0 Å². The summed E-state index contributed by atoms with van der Waals surface area (Å²) >= 11 is 0. The van der Waals surface area contributed by atoms with Crippen molar-refractivity contribution in [2.24, 2.45) is 5.41 Å². The van der Waals surface area contributed by atoms with Crippen molar-refractivity contribution in [3.63, 3.8) is 0 Å². The average Bonchev–Trinajstić information content (AvgIpc) is 2.99. The van der Waals surface area contributed by atoms with Crippen LogP contribution in [0.25, 0.3) is 11.5 Å². The van der Waals surface area contributed by atoms with Crippen molar-refractivity contribution in [1.29, 1.82) is 0 Å². The molecule has 142 valence electrons. The molecule has 0 amide bonds. The SMILES string of the molecule is Cl.O=c1[nH]nc(-c2ccc(C(F)(F)F)c(N3CCC4(CC3)CNC4)c2)o1. The fraction of sp³-hybridized carbons (Fsp3) is 0.500. The van der Waals surface area contributed by atoms with E-state index in [-0.39, 0.29) is 29.4 Å². The molecular weight excluding hydrogens is 373 g/mol. The number of nitrogens with one attached hydrogen (secondary N) is 2. The van der Waals surface area contributed by atoms with Crippen LogP contribution in [-0.2, 0) is 6.18 Å². The first kappa shape index (κ1) is 18.8. The number of halogens is 4. The number of aromatic nitrogens is 2. The second-order valence-electron chi connectivity index (χ2n) is 6.74. The number of benzene rings is 1. The van der Waals surface area contributed by atoms with E-state index >= 15 is 0 Å².